The van der Waals surface area contributed by atoms with Crippen LogP contribution in [-0.2, 0) is 16.0 Å². The van der Waals surface area contributed by atoms with Crippen LogP contribution in [0.15, 0.2) is 54.6 Å². The number of hydrogen-bond donors (Lipinski definition) is 1. The van der Waals surface area contributed by atoms with Crippen LogP contribution in [0.5, 0.6) is 0 Å². The summed E-state index contributed by atoms with van der Waals surface area (Å²) < 4.78 is 13.9. The molecular formula is C21H23FN2O2. The fraction of sp³-hybridized carbons (Fsp3) is 0.333. The maximum Gasteiger partial charge on any atom is 0.227 e. The maximum atomic E-state index is 13.9. The zero-order chi connectivity index (χ0) is 18.5. The van der Waals surface area contributed by atoms with E-state index in [4.69, 9.17) is 0 Å². The molecule has 0 bridgehead atoms. The molecular weight excluding hydrogens is 331 g/mol. The molecule has 1 aliphatic rings. The molecule has 1 aliphatic heterocycles. The van der Waals surface area contributed by atoms with Gasteiger partial charge in [0.2, 0.25) is 11.8 Å². The zero-order valence-corrected chi connectivity index (χ0v) is 14.8. The van der Waals surface area contributed by atoms with Crippen LogP contribution in [0.2, 0.25) is 0 Å². The molecule has 1 saturated heterocycles. The Morgan fingerprint density at radius 2 is 1.88 bits per heavy atom. The molecule has 5 heteroatoms. The Morgan fingerprint density at radius 3 is 2.62 bits per heavy atom. The van der Waals surface area contributed by atoms with Gasteiger partial charge >= 0.3 is 0 Å². The Bertz CT molecular complexity index is 779. The second-order valence-electron chi connectivity index (χ2n) is 6.79. The first-order valence-corrected chi connectivity index (χ1v) is 8.94. The molecule has 1 fully saturated rings. The predicted octanol–water partition coefficient (Wildman–Crippen LogP) is 3.32. The summed E-state index contributed by atoms with van der Waals surface area (Å²) in [5.74, 6) is -1.25. The third-order valence-electron chi connectivity index (χ3n) is 4.74. The van der Waals surface area contributed by atoms with E-state index in [1.54, 1.807) is 18.2 Å². The predicted molar refractivity (Wildman–Crippen MR) is 99.2 cm³/mol. The lowest BCUT2D eigenvalue weighted by molar-refractivity contribution is -0.126. The number of carbonyl (C=O) groups is 2. The first-order chi connectivity index (χ1) is 12.5. The van der Waals surface area contributed by atoms with Gasteiger partial charge in [-0.3, -0.25) is 9.59 Å². The standard InChI is InChI=1S/C21H23FN2O2/c1-15(11-12-16-7-3-2-4-8-16)23-21(26)17-13-20(25)24(14-17)19-10-6-5-9-18(19)22/h2-10,15,17H,11-14H2,1H3,(H,23,26)/t15-,17+/m0/s1. The van der Waals surface area contributed by atoms with Gasteiger partial charge in [0.05, 0.1) is 11.6 Å². The first kappa shape index (κ1) is 18.1. The first-order valence-electron chi connectivity index (χ1n) is 8.94. The normalized spacial score (nSPS) is 18.0. The quantitative estimate of drug-likeness (QED) is 0.865. The van der Waals surface area contributed by atoms with Crippen LogP contribution in [0.25, 0.3) is 0 Å². The molecule has 0 saturated carbocycles. The summed E-state index contributed by atoms with van der Waals surface area (Å²) in [5.41, 5.74) is 1.47. The SMILES string of the molecule is C[C@@H](CCc1ccccc1)NC(=O)[C@@H]1CC(=O)N(c2ccccc2F)C1. The Hall–Kier alpha value is -2.69. The number of benzene rings is 2. The second kappa shape index (κ2) is 8.13. The molecule has 1 heterocycles. The molecule has 3 rings (SSSR count). The molecule has 4 nitrogen and oxygen atoms in total. The Labute approximate surface area is 153 Å². The fourth-order valence-electron chi connectivity index (χ4n) is 3.25. The number of carbonyl (C=O) groups excluding carboxylic acids is 2. The molecule has 0 aliphatic carbocycles. The molecule has 26 heavy (non-hydrogen) atoms. The van der Waals surface area contributed by atoms with E-state index >= 15 is 0 Å². The van der Waals surface area contributed by atoms with Crippen molar-refractivity contribution in [1.82, 2.24) is 5.32 Å². The van der Waals surface area contributed by atoms with Crippen LogP contribution >= 0.6 is 0 Å². The number of anilines is 1. The van der Waals surface area contributed by atoms with Crippen LogP contribution in [-0.4, -0.2) is 24.4 Å². The molecule has 136 valence electrons. The molecule has 2 amide bonds. The van der Waals surface area contributed by atoms with E-state index in [0.717, 1.165) is 12.8 Å². The van der Waals surface area contributed by atoms with Crippen molar-refractivity contribution in [3.63, 3.8) is 0 Å². The third kappa shape index (κ3) is 4.28. The van der Waals surface area contributed by atoms with Gasteiger partial charge in [-0.05, 0) is 37.5 Å². The van der Waals surface area contributed by atoms with Gasteiger partial charge in [0.1, 0.15) is 5.82 Å². The van der Waals surface area contributed by atoms with Gasteiger partial charge in [0.25, 0.3) is 0 Å². The second-order valence-corrected chi connectivity index (χ2v) is 6.79. The van der Waals surface area contributed by atoms with E-state index < -0.39 is 11.7 Å². The van der Waals surface area contributed by atoms with Crippen molar-refractivity contribution in [3.05, 3.63) is 66.0 Å². The molecule has 0 spiro atoms. The van der Waals surface area contributed by atoms with E-state index in [-0.39, 0.29) is 36.5 Å². The number of para-hydroxylation sites is 1. The van der Waals surface area contributed by atoms with Gasteiger partial charge < -0.3 is 10.2 Å². The summed E-state index contributed by atoms with van der Waals surface area (Å²) in [5, 5.41) is 2.99. The molecule has 2 aromatic rings. The van der Waals surface area contributed by atoms with Gasteiger partial charge in [0, 0.05) is 19.0 Å². The van der Waals surface area contributed by atoms with Crippen molar-refractivity contribution in [1.29, 1.82) is 0 Å². The summed E-state index contributed by atoms with van der Waals surface area (Å²) in [4.78, 5) is 26.1. The number of hydrogen-bond acceptors (Lipinski definition) is 2. The minimum atomic E-state index is -0.446. The smallest absolute Gasteiger partial charge is 0.227 e. The molecule has 0 aromatic heterocycles. The zero-order valence-electron chi connectivity index (χ0n) is 14.8. The highest BCUT2D eigenvalue weighted by atomic mass is 19.1. The monoisotopic (exact) mass is 354 g/mol. The Balaban J connectivity index is 1.54. The maximum absolute atomic E-state index is 13.9. The molecule has 2 aromatic carbocycles. The van der Waals surface area contributed by atoms with Crippen molar-refractivity contribution in [2.24, 2.45) is 5.92 Å². The van der Waals surface area contributed by atoms with Crippen LogP contribution in [0, 0.1) is 11.7 Å². The van der Waals surface area contributed by atoms with E-state index in [1.807, 2.05) is 25.1 Å². The van der Waals surface area contributed by atoms with E-state index in [9.17, 15) is 14.0 Å². The van der Waals surface area contributed by atoms with E-state index in [0.29, 0.717) is 0 Å². The number of aryl methyl sites for hydroxylation is 1. The highest BCUT2D eigenvalue weighted by molar-refractivity contribution is 6.00. The number of halogens is 1. The summed E-state index contributed by atoms with van der Waals surface area (Å²) in [6.07, 6.45) is 1.83. The minimum Gasteiger partial charge on any atom is -0.353 e. The number of nitrogens with one attached hydrogen (secondary N) is 1. The highest BCUT2D eigenvalue weighted by Crippen LogP contribution is 2.27. The van der Waals surface area contributed by atoms with Gasteiger partial charge in [-0.1, -0.05) is 42.5 Å². The van der Waals surface area contributed by atoms with Crippen molar-refractivity contribution >= 4 is 17.5 Å². The van der Waals surface area contributed by atoms with Gasteiger partial charge in [-0.2, -0.15) is 0 Å². The minimum absolute atomic E-state index is 0.0142. The number of rotatable bonds is 6. The molecule has 0 radical (unpaired) electrons. The van der Waals surface area contributed by atoms with E-state index in [2.05, 4.69) is 17.4 Å². The van der Waals surface area contributed by atoms with Crippen LogP contribution < -0.4 is 10.2 Å². The molecule has 1 N–H and O–H groups in total. The van der Waals surface area contributed by atoms with E-state index in [1.165, 1.54) is 16.5 Å². The van der Waals surface area contributed by atoms with Crippen LogP contribution in [0.4, 0.5) is 10.1 Å². The molecule has 2 atom stereocenters. The Morgan fingerprint density at radius 1 is 1.19 bits per heavy atom. The van der Waals surface area contributed by atoms with Gasteiger partial charge in [0.15, 0.2) is 0 Å². The summed E-state index contributed by atoms with van der Waals surface area (Å²) in [6.45, 7) is 2.18. The van der Waals surface area contributed by atoms with Crippen molar-refractivity contribution in [2.75, 3.05) is 11.4 Å². The topological polar surface area (TPSA) is 49.4 Å². The van der Waals surface area contributed by atoms with Crippen molar-refractivity contribution in [3.8, 4) is 0 Å². The highest BCUT2D eigenvalue weighted by Gasteiger charge is 2.36. The lowest BCUT2D eigenvalue weighted by atomic mass is 10.0. The van der Waals surface area contributed by atoms with Gasteiger partial charge in [-0.25, -0.2) is 4.39 Å². The summed E-state index contributed by atoms with van der Waals surface area (Å²) in [7, 11) is 0. The summed E-state index contributed by atoms with van der Waals surface area (Å²) >= 11 is 0. The van der Waals surface area contributed by atoms with Crippen molar-refractivity contribution in [2.45, 2.75) is 32.2 Å². The fourth-order valence-corrected chi connectivity index (χ4v) is 3.25. The third-order valence-corrected chi connectivity index (χ3v) is 4.74. The molecule has 0 unspecified atom stereocenters. The average molecular weight is 354 g/mol. The number of nitrogens with zero attached hydrogens (tertiary/aromatic N) is 1. The lowest BCUT2D eigenvalue weighted by Gasteiger charge is -2.19. The average Bonchev–Trinajstić information content (AvgIpc) is 3.03. The van der Waals surface area contributed by atoms with Crippen molar-refractivity contribution < 1.29 is 14.0 Å². The van der Waals surface area contributed by atoms with Crippen LogP contribution in [0.1, 0.15) is 25.3 Å². The lowest BCUT2D eigenvalue weighted by Crippen LogP contribution is -2.38. The largest absolute Gasteiger partial charge is 0.353 e. The summed E-state index contributed by atoms with van der Waals surface area (Å²) in [6, 6.07) is 16.3. The Kier molecular flexibility index (Phi) is 5.66. The number of amides is 2. The van der Waals surface area contributed by atoms with Gasteiger partial charge in [-0.15, -0.1) is 0 Å². The van der Waals surface area contributed by atoms with Crippen LogP contribution in [0.3, 0.4) is 0 Å².